The predicted octanol–water partition coefficient (Wildman–Crippen LogP) is 1.30. The van der Waals surface area contributed by atoms with Crippen LogP contribution < -0.4 is 10.9 Å². The summed E-state index contributed by atoms with van der Waals surface area (Å²) in [6.07, 6.45) is 0.872. The number of amides is 1. The van der Waals surface area contributed by atoms with Crippen LogP contribution in [-0.4, -0.2) is 40.4 Å². The van der Waals surface area contributed by atoms with Gasteiger partial charge >= 0.3 is 0 Å². The highest BCUT2D eigenvalue weighted by Gasteiger charge is 2.26. The Hall–Kier alpha value is -1.92. The van der Waals surface area contributed by atoms with Crippen molar-refractivity contribution in [1.82, 2.24) is 20.2 Å². The Labute approximate surface area is 140 Å². The van der Waals surface area contributed by atoms with Crippen LogP contribution in [0.25, 0.3) is 10.9 Å². The summed E-state index contributed by atoms with van der Waals surface area (Å²) in [5.74, 6) is 0.695. The van der Waals surface area contributed by atoms with Gasteiger partial charge in [-0.15, -0.1) is 12.4 Å². The molecule has 1 aliphatic heterocycles. The molecule has 0 spiro atoms. The van der Waals surface area contributed by atoms with E-state index in [-0.39, 0.29) is 29.8 Å². The van der Waals surface area contributed by atoms with Crippen LogP contribution in [0.4, 0.5) is 0 Å². The molecule has 7 heteroatoms. The molecule has 0 aliphatic carbocycles. The van der Waals surface area contributed by atoms with Crippen LogP contribution in [0.2, 0.25) is 0 Å². The van der Waals surface area contributed by atoms with Crippen LogP contribution >= 0.6 is 12.4 Å². The third kappa shape index (κ3) is 3.71. The number of halogens is 1. The molecule has 6 nitrogen and oxygen atoms in total. The Bertz CT molecular complexity index is 740. The molecule has 1 unspecified atom stereocenters. The lowest BCUT2D eigenvalue weighted by molar-refractivity contribution is -0.135. The number of hydrogen-bond donors (Lipinski definition) is 2. The summed E-state index contributed by atoms with van der Waals surface area (Å²) in [6.45, 7) is 4.51. The first-order valence-corrected chi connectivity index (χ1v) is 7.66. The zero-order valence-electron chi connectivity index (χ0n) is 13.0. The average molecular weight is 337 g/mol. The summed E-state index contributed by atoms with van der Waals surface area (Å²) in [5.41, 5.74) is 0.499. The molecular weight excluding hydrogens is 316 g/mol. The van der Waals surface area contributed by atoms with Gasteiger partial charge < -0.3 is 15.2 Å². The second-order valence-electron chi connectivity index (χ2n) is 5.57. The minimum atomic E-state index is -0.161. The molecule has 23 heavy (non-hydrogen) atoms. The number of carbonyl (C=O) groups is 1. The fourth-order valence-electron chi connectivity index (χ4n) is 2.86. The summed E-state index contributed by atoms with van der Waals surface area (Å²) in [4.78, 5) is 33.6. The van der Waals surface area contributed by atoms with E-state index in [0.29, 0.717) is 29.8 Å². The number of carbonyl (C=O) groups excluding carboxylic acids is 1. The normalized spacial score (nSPS) is 17.0. The minimum absolute atomic E-state index is 0. The van der Waals surface area contributed by atoms with E-state index in [2.05, 4.69) is 15.3 Å². The van der Waals surface area contributed by atoms with Crippen molar-refractivity contribution in [2.24, 2.45) is 5.92 Å². The lowest BCUT2D eigenvalue weighted by Crippen LogP contribution is -2.37. The fourth-order valence-corrected chi connectivity index (χ4v) is 2.86. The Morgan fingerprint density at radius 3 is 2.87 bits per heavy atom. The average Bonchev–Trinajstić information content (AvgIpc) is 3.06. The topological polar surface area (TPSA) is 78.1 Å². The van der Waals surface area contributed by atoms with Crippen molar-refractivity contribution >= 4 is 29.2 Å². The summed E-state index contributed by atoms with van der Waals surface area (Å²) < 4.78 is 0. The van der Waals surface area contributed by atoms with Gasteiger partial charge in [-0.05, 0) is 32.0 Å². The molecule has 3 rings (SSSR count). The third-order valence-corrected chi connectivity index (χ3v) is 4.11. The van der Waals surface area contributed by atoms with Crippen LogP contribution in [-0.2, 0) is 11.3 Å². The fraction of sp³-hybridized carbons (Fsp3) is 0.438. The molecule has 0 radical (unpaired) electrons. The number of aromatic nitrogens is 2. The molecule has 124 valence electrons. The predicted molar refractivity (Wildman–Crippen MR) is 91.7 cm³/mol. The van der Waals surface area contributed by atoms with Gasteiger partial charge in [0.1, 0.15) is 5.82 Å². The highest BCUT2D eigenvalue weighted by Crippen LogP contribution is 2.14. The number of H-pyrrole nitrogens is 1. The van der Waals surface area contributed by atoms with Gasteiger partial charge in [0.15, 0.2) is 0 Å². The highest BCUT2D eigenvalue weighted by molar-refractivity contribution is 5.85. The van der Waals surface area contributed by atoms with Crippen molar-refractivity contribution in [1.29, 1.82) is 0 Å². The Kier molecular flexibility index (Phi) is 5.74. The van der Waals surface area contributed by atoms with Gasteiger partial charge in [-0.25, -0.2) is 4.98 Å². The third-order valence-electron chi connectivity index (χ3n) is 4.11. The molecule has 1 saturated heterocycles. The van der Waals surface area contributed by atoms with Gasteiger partial charge in [-0.3, -0.25) is 9.59 Å². The zero-order chi connectivity index (χ0) is 15.5. The van der Waals surface area contributed by atoms with Crippen LogP contribution in [0.15, 0.2) is 29.1 Å². The van der Waals surface area contributed by atoms with Crippen LogP contribution in [0.3, 0.4) is 0 Å². The SMILES string of the molecule is CCN(Cc1nc2ccccc2c(=O)[nH]1)C(=O)C1CCNC1.Cl. The van der Waals surface area contributed by atoms with E-state index in [1.807, 2.05) is 25.1 Å². The first kappa shape index (κ1) is 17.4. The van der Waals surface area contributed by atoms with E-state index in [4.69, 9.17) is 0 Å². The second-order valence-corrected chi connectivity index (χ2v) is 5.57. The van der Waals surface area contributed by atoms with Gasteiger partial charge in [0, 0.05) is 13.1 Å². The monoisotopic (exact) mass is 336 g/mol. The molecule has 1 aliphatic rings. The Morgan fingerprint density at radius 1 is 1.39 bits per heavy atom. The maximum Gasteiger partial charge on any atom is 0.258 e. The van der Waals surface area contributed by atoms with Crippen LogP contribution in [0, 0.1) is 5.92 Å². The smallest absolute Gasteiger partial charge is 0.258 e. The van der Waals surface area contributed by atoms with Crippen molar-refractivity contribution in [3.8, 4) is 0 Å². The van der Waals surface area contributed by atoms with Gasteiger partial charge in [-0.2, -0.15) is 0 Å². The lowest BCUT2D eigenvalue weighted by atomic mass is 10.1. The molecule has 2 heterocycles. The van der Waals surface area contributed by atoms with E-state index in [1.54, 1.807) is 11.0 Å². The molecule has 0 saturated carbocycles. The minimum Gasteiger partial charge on any atom is -0.335 e. The van der Waals surface area contributed by atoms with Crippen LogP contribution in [0.5, 0.6) is 0 Å². The maximum atomic E-state index is 12.5. The van der Waals surface area contributed by atoms with Crippen molar-refractivity contribution in [3.05, 3.63) is 40.4 Å². The molecule has 0 bridgehead atoms. The number of nitrogens with zero attached hydrogens (tertiary/aromatic N) is 2. The number of benzene rings is 1. The van der Waals surface area contributed by atoms with Gasteiger partial charge in [-0.1, -0.05) is 12.1 Å². The van der Waals surface area contributed by atoms with Crippen molar-refractivity contribution in [3.63, 3.8) is 0 Å². The van der Waals surface area contributed by atoms with E-state index >= 15 is 0 Å². The Morgan fingerprint density at radius 2 is 2.17 bits per heavy atom. The van der Waals surface area contributed by atoms with Gasteiger partial charge in [0.2, 0.25) is 5.91 Å². The molecule has 1 aromatic heterocycles. The zero-order valence-corrected chi connectivity index (χ0v) is 13.9. The van der Waals surface area contributed by atoms with E-state index in [1.165, 1.54) is 0 Å². The summed E-state index contributed by atoms with van der Waals surface area (Å²) in [5, 5.41) is 3.78. The number of rotatable bonds is 4. The summed E-state index contributed by atoms with van der Waals surface area (Å²) in [7, 11) is 0. The van der Waals surface area contributed by atoms with Crippen molar-refractivity contribution < 1.29 is 4.79 Å². The number of fused-ring (bicyclic) bond motifs is 1. The molecule has 1 atom stereocenters. The number of aromatic amines is 1. The largest absolute Gasteiger partial charge is 0.335 e. The summed E-state index contributed by atoms with van der Waals surface area (Å²) >= 11 is 0. The maximum absolute atomic E-state index is 12.5. The summed E-state index contributed by atoms with van der Waals surface area (Å²) in [6, 6.07) is 7.23. The van der Waals surface area contributed by atoms with E-state index in [0.717, 1.165) is 19.5 Å². The molecule has 1 aromatic carbocycles. The molecule has 1 amide bonds. The number of para-hydroxylation sites is 1. The molecule has 2 N–H and O–H groups in total. The molecule has 2 aromatic rings. The first-order chi connectivity index (χ1) is 10.7. The lowest BCUT2D eigenvalue weighted by Gasteiger charge is -2.23. The van der Waals surface area contributed by atoms with E-state index in [9.17, 15) is 9.59 Å². The number of nitrogens with one attached hydrogen (secondary N) is 2. The Balaban J connectivity index is 0.00000192. The van der Waals surface area contributed by atoms with E-state index < -0.39 is 0 Å². The van der Waals surface area contributed by atoms with Crippen LogP contribution in [0.1, 0.15) is 19.2 Å². The first-order valence-electron chi connectivity index (χ1n) is 7.66. The molecule has 1 fully saturated rings. The standard InChI is InChI=1S/C16H20N4O2.ClH/c1-2-20(16(22)11-7-8-17-9-11)10-14-18-13-6-4-3-5-12(13)15(21)19-14;/h3-6,11,17H,2,7-10H2,1H3,(H,18,19,21);1H. The molecular formula is C16H21ClN4O2. The van der Waals surface area contributed by atoms with Gasteiger partial charge in [0.25, 0.3) is 5.56 Å². The quantitative estimate of drug-likeness (QED) is 0.882. The van der Waals surface area contributed by atoms with Crippen molar-refractivity contribution in [2.45, 2.75) is 19.9 Å². The second kappa shape index (κ2) is 7.57. The van der Waals surface area contributed by atoms with Crippen molar-refractivity contribution in [2.75, 3.05) is 19.6 Å². The van der Waals surface area contributed by atoms with Gasteiger partial charge in [0.05, 0.1) is 23.4 Å². The highest BCUT2D eigenvalue weighted by atomic mass is 35.5. The number of hydrogen-bond acceptors (Lipinski definition) is 4.